The molecule has 5 nitrogen and oxygen atoms in total. The van der Waals surface area contributed by atoms with Gasteiger partial charge in [-0.1, -0.05) is 0 Å². The molecule has 2 N–H and O–H groups in total. The molecule has 92 valence electrons. The molecule has 1 unspecified atom stereocenters. The maximum Gasteiger partial charge on any atom is 0.325 e. The van der Waals surface area contributed by atoms with Gasteiger partial charge >= 0.3 is 5.97 Å². The van der Waals surface area contributed by atoms with Gasteiger partial charge in [0.25, 0.3) is 0 Å². The molecular formula is C10H18N2O3S. The van der Waals surface area contributed by atoms with E-state index in [1.165, 1.54) is 0 Å². The van der Waals surface area contributed by atoms with E-state index in [2.05, 4.69) is 10.6 Å². The third-order valence-electron chi connectivity index (χ3n) is 2.21. The molecule has 1 rings (SSSR count). The van der Waals surface area contributed by atoms with Crippen molar-refractivity contribution in [3.63, 3.8) is 0 Å². The number of ether oxygens (including phenoxy) is 2. The van der Waals surface area contributed by atoms with Gasteiger partial charge in [-0.05, 0) is 32.0 Å². The summed E-state index contributed by atoms with van der Waals surface area (Å²) in [5.41, 5.74) is 0. The minimum Gasteiger partial charge on any atom is -0.465 e. The Morgan fingerprint density at radius 2 is 2.38 bits per heavy atom. The van der Waals surface area contributed by atoms with Crippen molar-refractivity contribution >= 4 is 23.3 Å². The minimum atomic E-state index is -0.302. The molecule has 1 saturated heterocycles. The number of rotatable bonds is 5. The second kappa shape index (κ2) is 7.40. The lowest BCUT2D eigenvalue weighted by Gasteiger charge is -2.13. The third kappa shape index (κ3) is 5.27. The summed E-state index contributed by atoms with van der Waals surface area (Å²) in [6.45, 7) is 3.78. The molecule has 1 atom stereocenters. The number of nitrogens with one attached hydrogen (secondary N) is 2. The van der Waals surface area contributed by atoms with Crippen LogP contribution in [0, 0.1) is 0 Å². The molecule has 1 heterocycles. The summed E-state index contributed by atoms with van der Waals surface area (Å²) in [4.78, 5) is 11.0. The van der Waals surface area contributed by atoms with Crippen molar-refractivity contribution in [1.29, 1.82) is 0 Å². The topological polar surface area (TPSA) is 59.6 Å². The lowest BCUT2D eigenvalue weighted by atomic mass is 10.2. The highest BCUT2D eigenvalue weighted by molar-refractivity contribution is 7.80. The summed E-state index contributed by atoms with van der Waals surface area (Å²) >= 11 is 5.01. The van der Waals surface area contributed by atoms with Crippen LogP contribution in [-0.2, 0) is 14.3 Å². The van der Waals surface area contributed by atoms with E-state index in [9.17, 15) is 4.79 Å². The van der Waals surface area contributed by atoms with Gasteiger partial charge in [-0.3, -0.25) is 4.79 Å². The Morgan fingerprint density at radius 3 is 3.00 bits per heavy atom. The van der Waals surface area contributed by atoms with Crippen LogP contribution < -0.4 is 10.6 Å². The molecule has 0 aromatic carbocycles. The van der Waals surface area contributed by atoms with Crippen LogP contribution in [0.2, 0.25) is 0 Å². The highest BCUT2D eigenvalue weighted by atomic mass is 32.1. The zero-order valence-corrected chi connectivity index (χ0v) is 10.3. The van der Waals surface area contributed by atoms with Gasteiger partial charge in [0.1, 0.15) is 6.54 Å². The number of esters is 1. The molecule has 1 fully saturated rings. The van der Waals surface area contributed by atoms with Gasteiger partial charge in [0, 0.05) is 13.2 Å². The fraction of sp³-hybridized carbons (Fsp3) is 0.800. The Morgan fingerprint density at radius 1 is 1.56 bits per heavy atom. The number of carbonyl (C=O) groups is 1. The predicted molar refractivity (Wildman–Crippen MR) is 64.2 cm³/mol. The maximum absolute atomic E-state index is 11.0. The highest BCUT2D eigenvalue weighted by Gasteiger charge is 2.15. The molecular weight excluding hydrogens is 228 g/mol. The van der Waals surface area contributed by atoms with E-state index in [-0.39, 0.29) is 18.6 Å². The molecule has 0 radical (unpaired) electrons. The van der Waals surface area contributed by atoms with E-state index in [0.29, 0.717) is 18.3 Å². The van der Waals surface area contributed by atoms with Crippen molar-refractivity contribution in [2.75, 3.05) is 26.3 Å². The van der Waals surface area contributed by atoms with Crippen LogP contribution in [0.3, 0.4) is 0 Å². The molecule has 16 heavy (non-hydrogen) atoms. The first-order valence-electron chi connectivity index (χ1n) is 5.51. The standard InChI is InChI=1S/C10H18N2O3S/c1-2-14-9(13)7-12-10(16)11-6-8-4-3-5-15-8/h8H,2-7H2,1H3,(H2,11,12,16). The number of hydrogen-bond donors (Lipinski definition) is 2. The summed E-state index contributed by atoms with van der Waals surface area (Å²) in [5.74, 6) is -0.302. The summed E-state index contributed by atoms with van der Waals surface area (Å²) in [5, 5.41) is 6.25. The Labute approximate surface area is 101 Å². The Kier molecular flexibility index (Phi) is 6.10. The summed E-state index contributed by atoms with van der Waals surface area (Å²) < 4.78 is 10.2. The van der Waals surface area contributed by atoms with Gasteiger partial charge in [0.2, 0.25) is 0 Å². The molecule has 0 bridgehead atoms. The van der Waals surface area contributed by atoms with Crippen LogP contribution in [0.15, 0.2) is 0 Å². The monoisotopic (exact) mass is 246 g/mol. The van der Waals surface area contributed by atoms with Gasteiger partial charge in [-0.15, -0.1) is 0 Å². The van der Waals surface area contributed by atoms with Crippen LogP contribution in [0.5, 0.6) is 0 Å². The lowest BCUT2D eigenvalue weighted by Crippen LogP contribution is -2.41. The fourth-order valence-corrected chi connectivity index (χ4v) is 1.59. The van der Waals surface area contributed by atoms with Gasteiger partial charge < -0.3 is 20.1 Å². The van der Waals surface area contributed by atoms with Crippen LogP contribution in [-0.4, -0.2) is 43.5 Å². The Bertz CT molecular complexity index is 242. The summed E-state index contributed by atoms with van der Waals surface area (Å²) in [6.07, 6.45) is 2.41. The van der Waals surface area contributed by atoms with Gasteiger partial charge in [-0.25, -0.2) is 0 Å². The average molecular weight is 246 g/mol. The van der Waals surface area contributed by atoms with Crippen LogP contribution in [0.25, 0.3) is 0 Å². The SMILES string of the molecule is CCOC(=O)CNC(=S)NCC1CCCO1. The van der Waals surface area contributed by atoms with E-state index in [0.717, 1.165) is 19.4 Å². The van der Waals surface area contributed by atoms with E-state index in [1.807, 2.05) is 0 Å². The van der Waals surface area contributed by atoms with Crippen LogP contribution in [0.1, 0.15) is 19.8 Å². The quantitative estimate of drug-likeness (QED) is 0.533. The molecule has 0 amide bonds. The minimum absolute atomic E-state index is 0.102. The van der Waals surface area contributed by atoms with Gasteiger partial charge in [0.05, 0.1) is 12.7 Å². The average Bonchev–Trinajstić information content (AvgIpc) is 2.77. The van der Waals surface area contributed by atoms with Crippen molar-refractivity contribution in [2.24, 2.45) is 0 Å². The molecule has 0 spiro atoms. The third-order valence-corrected chi connectivity index (χ3v) is 2.50. The first kappa shape index (κ1) is 13.2. The molecule has 1 aliphatic heterocycles. The van der Waals surface area contributed by atoms with E-state index < -0.39 is 0 Å². The van der Waals surface area contributed by atoms with Crippen molar-refractivity contribution in [2.45, 2.75) is 25.9 Å². The smallest absolute Gasteiger partial charge is 0.325 e. The second-order valence-corrected chi connectivity index (χ2v) is 3.91. The molecule has 0 saturated carbocycles. The Hall–Kier alpha value is -0.880. The van der Waals surface area contributed by atoms with Crippen molar-refractivity contribution in [3.05, 3.63) is 0 Å². The number of thiocarbonyl (C=S) groups is 1. The predicted octanol–water partition coefficient (Wildman–Crippen LogP) is 0.193. The summed E-state index contributed by atoms with van der Waals surface area (Å²) in [6, 6.07) is 0. The molecule has 6 heteroatoms. The van der Waals surface area contributed by atoms with E-state index in [4.69, 9.17) is 21.7 Å². The van der Waals surface area contributed by atoms with Crippen LogP contribution in [0.4, 0.5) is 0 Å². The largest absolute Gasteiger partial charge is 0.465 e. The highest BCUT2D eigenvalue weighted by Crippen LogP contribution is 2.10. The summed E-state index contributed by atoms with van der Waals surface area (Å²) in [7, 11) is 0. The Balaban J connectivity index is 2.04. The normalized spacial score (nSPS) is 19.2. The van der Waals surface area contributed by atoms with E-state index in [1.54, 1.807) is 6.92 Å². The zero-order chi connectivity index (χ0) is 11.8. The van der Waals surface area contributed by atoms with Crippen molar-refractivity contribution in [3.8, 4) is 0 Å². The van der Waals surface area contributed by atoms with Crippen molar-refractivity contribution < 1.29 is 14.3 Å². The lowest BCUT2D eigenvalue weighted by molar-refractivity contribution is -0.141. The zero-order valence-electron chi connectivity index (χ0n) is 9.45. The number of hydrogen-bond acceptors (Lipinski definition) is 4. The van der Waals surface area contributed by atoms with Gasteiger partial charge in [-0.2, -0.15) is 0 Å². The fourth-order valence-electron chi connectivity index (χ4n) is 1.44. The molecule has 0 aromatic heterocycles. The molecule has 0 aromatic rings. The van der Waals surface area contributed by atoms with Crippen LogP contribution >= 0.6 is 12.2 Å². The molecule has 0 aliphatic carbocycles. The van der Waals surface area contributed by atoms with Gasteiger partial charge in [0.15, 0.2) is 5.11 Å². The first-order chi connectivity index (χ1) is 7.72. The first-order valence-corrected chi connectivity index (χ1v) is 5.92. The molecule has 1 aliphatic rings. The van der Waals surface area contributed by atoms with E-state index >= 15 is 0 Å². The second-order valence-electron chi connectivity index (χ2n) is 3.50. The van der Waals surface area contributed by atoms with Crippen molar-refractivity contribution in [1.82, 2.24) is 10.6 Å². The maximum atomic E-state index is 11.0. The number of carbonyl (C=O) groups excluding carboxylic acids is 1.